The van der Waals surface area contributed by atoms with Crippen molar-refractivity contribution in [2.45, 2.75) is 256 Å². The van der Waals surface area contributed by atoms with E-state index in [-0.39, 0.29) is 108 Å². The fourth-order valence-electron chi connectivity index (χ4n) is 13.1. The van der Waals surface area contributed by atoms with Crippen molar-refractivity contribution < 1.29 is 87.2 Å². The Labute approximate surface area is 618 Å². The first-order valence-electron chi connectivity index (χ1n) is 36.9. The number of hydrogen-bond donors (Lipinski definition) is 16. The van der Waals surface area contributed by atoms with Crippen LogP contribution in [-0.2, 0) is 78.3 Å². The number of aliphatic carboxylic acids is 3. The summed E-state index contributed by atoms with van der Waals surface area (Å²) in [6.45, 7) is 15.9. The molecular weight excluding hydrogens is 1380 g/mol. The standard InChI is InChI=1S/C71H115N17O18/c1-10-40(7)56(85-66(101)57(41(8)11-2)84-64(99)53-27-20-32-88(53)68(103)48(35-43-21-13-12-14-22-43)82-63(98)51-25-18-30-86(51)67(102)44(73)33-38(3)4)65(100)77-42(9)58(93)81-49(37-55(91)92)69(104)87-31-19-26-52(87)62(97)79-45(23-15-16-28-72)59(94)78-46(24-17-29-76-71(74)75)60(95)80-47(36-54(89)90)61(96)83-50(70(105)106)34-39(5)6/h12-14,21-22,38-42,44-53,56-57H,10-11,15-20,23-37,72-73H2,1-9H3,(H,77,100)(H,78,94)(H,79,97)(H,80,95)(H,81,93)(H,82,98)(H,83,96)(H,84,99)(H,85,101)(H,89,90)(H,91,92)(H,105,106)(H4,74,75,76)/t40-,41-,42-,44-,45-,46-,47-,48-,49-,50-,51-,52-,53-,56-,57-/m0/s1. The smallest absolute Gasteiger partial charge is 0.326 e. The average Bonchev–Trinajstić information content (AvgIpc) is 1.45. The highest BCUT2D eigenvalue weighted by Crippen LogP contribution is 2.25. The molecule has 3 aliphatic rings. The molecule has 0 saturated carbocycles. The van der Waals surface area contributed by atoms with Crippen LogP contribution in [0.5, 0.6) is 0 Å². The van der Waals surface area contributed by atoms with Gasteiger partial charge in [0, 0.05) is 32.6 Å². The highest BCUT2D eigenvalue weighted by Gasteiger charge is 2.45. The molecule has 35 nitrogen and oxygen atoms in total. The lowest BCUT2D eigenvalue weighted by Gasteiger charge is -2.33. The first kappa shape index (κ1) is 88.9. The van der Waals surface area contributed by atoms with E-state index in [0.29, 0.717) is 51.5 Å². The van der Waals surface area contributed by atoms with E-state index in [1.54, 1.807) is 71.9 Å². The lowest BCUT2D eigenvalue weighted by atomic mass is 9.94. The second-order valence-corrected chi connectivity index (χ2v) is 28.7. The summed E-state index contributed by atoms with van der Waals surface area (Å²) in [5.41, 5.74) is 23.8. The van der Waals surface area contributed by atoms with Crippen LogP contribution in [0.3, 0.4) is 0 Å². The van der Waals surface area contributed by atoms with Gasteiger partial charge in [0.15, 0.2) is 5.96 Å². The van der Waals surface area contributed by atoms with E-state index in [1.165, 1.54) is 16.7 Å². The minimum atomic E-state index is -1.83. The summed E-state index contributed by atoms with van der Waals surface area (Å²) in [5, 5.41) is 52.7. The van der Waals surface area contributed by atoms with Crippen molar-refractivity contribution in [3.8, 4) is 0 Å². The van der Waals surface area contributed by atoms with E-state index >= 15 is 0 Å². The number of carbonyl (C=O) groups is 15. The molecule has 3 aliphatic heterocycles. The molecule has 1 aromatic rings. The van der Waals surface area contributed by atoms with E-state index in [9.17, 15) is 87.2 Å². The number of amides is 12. The third-order valence-corrected chi connectivity index (χ3v) is 19.3. The number of carbonyl (C=O) groups excluding carboxylic acids is 12. The zero-order valence-electron chi connectivity index (χ0n) is 62.5. The van der Waals surface area contributed by atoms with Crippen molar-refractivity contribution >= 4 is 94.8 Å². The highest BCUT2D eigenvalue weighted by molar-refractivity contribution is 6.01. The maximum atomic E-state index is 14.8. The molecule has 106 heavy (non-hydrogen) atoms. The fourth-order valence-corrected chi connectivity index (χ4v) is 13.1. The Hall–Kier alpha value is -9.54. The molecular formula is C71H115N17O18. The molecule has 0 radical (unpaired) electrons. The van der Waals surface area contributed by atoms with Crippen LogP contribution in [0, 0.1) is 23.7 Å². The number of aliphatic imine (C=N–C) groups is 1. The van der Waals surface area contributed by atoms with Crippen molar-refractivity contribution in [1.82, 2.24) is 62.6 Å². The molecule has 12 amide bonds. The Morgan fingerprint density at radius 2 is 0.906 bits per heavy atom. The van der Waals surface area contributed by atoms with Crippen LogP contribution in [0.4, 0.5) is 0 Å². The van der Waals surface area contributed by atoms with Gasteiger partial charge in [0.25, 0.3) is 0 Å². The highest BCUT2D eigenvalue weighted by atomic mass is 16.4. The number of unbranched alkanes of at least 4 members (excludes halogenated alkanes) is 1. The molecule has 3 saturated heterocycles. The Morgan fingerprint density at radius 3 is 1.40 bits per heavy atom. The zero-order chi connectivity index (χ0) is 79.2. The van der Waals surface area contributed by atoms with Gasteiger partial charge in [0.2, 0.25) is 70.9 Å². The molecule has 1 aromatic carbocycles. The molecule has 592 valence electrons. The summed E-state index contributed by atoms with van der Waals surface area (Å²) in [5.74, 6) is -15.8. The number of carboxylic acid groups (broad SMARTS) is 3. The van der Waals surface area contributed by atoms with Gasteiger partial charge in [-0.15, -0.1) is 0 Å². The number of nitrogens with two attached hydrogens (primary N) is 4. The van der Waals surface area contributed by atoms with Gasteiger partial charge in [0.1, 0.15) is 72.5 Å². The van der Waals surface area contributed by atoms with Gasteiger partial charge >= 0.3 is 17.9 Å². The first-order chi connectivity index (χ1) is 50.0. The lowest BCUT2D eigenvalue weighted by Crippen LogP contribution is -2.62. The van der Waals surface area contributed by atoms with Crippen molar-refractivity contribution in [3.05, 3.63) is 35.9 Å². The van der Waals surface area contributed by atoms with E-state index in [0.717, 1.165) is 10.5 Å². The summed E-state index contributed by atoms with van der Waals surface area (Å²) in [7, 11) is 0. The van der Waals surface area contributed by atoms with Crippen LogP contribution >= 0.6 is 0 Å². The molecule has 20 N–H and O–H groups in total. The van der Waals surface area contributed by atoms with E-state index in [2.05, 4.69) is 52.8 Å². The van der Waals surface area contributed by atoms with Gasteiger partial charge in [-0.05, 0) is 126 Å². The summed E-state index contributed by atoms with van der Waals surface area (Å²) in [4.78, 5) is 215. The number of hydrogen-bond acceptors (Lipinski definition) is 18. The first-order valence-corrected chi connectivity index (χ1v) is 36.9. The third kappa shape index (κ3) is 27.7. The number of nitrogens with one attached hydrogen (secondary N) is 9. The van der Waals surface area contributed by atoms with E-state index in [4.69, 9.17) is 22.9 Å². The second kappa shape index (κ2) is 43.8. The van der Waals surface area contributed by atoms with Gasteiger partial charge in [-0.25, -0.2) is 4.79 Å². The van der Waals surface area contributed by atoms with Crippen molar-refractivity contribution in [2.75, 3.05) is 32.7 Å². The molecule has 0 aromatic heterocycles. The minimum absolute atomic E-state index is 0.00205. The molecule has 15 atom stereocenters. The number of rotatable bonds is 44. The van der Waals surface area contributed by atoms with Gasteiger partial charge < -0.3 is 101 Å². The minimum Gasteiger partial charge on any atom is -0.481 e. The Morgan fingerprint density at radius 1 is 0.481 bits per heavy atom. The lowest BCUT2D eigenvalue weighted by molar-refractivity contribution is -0.146. The Kier molecular flexibility index (Phi) is 36.7. The number of carboxylic acids is 3. The number of nitrogens with zero attached hydrogens (tertiary/aromatic N) is 4. The van der Waals surface area contributed by atoms with Crippen LogP contribution in [0.25, 0.3) is 0 Å². The van der Waals surface area contributed by atoms with Crippen LogP contribution in [0.2, 0.25) is 0 Å². The number of guanidine groups is 1. The number of benzene rings is 1. The summed E-state index contributed by atoms with van der Waals surface area (Å²) < 4.78 is 0. The van der Waals surface area contributed by atoms with Crippen LogP contribution in [0.1, 0.15) is 177 Å². The predicted molar refractivity (Wildman–Crippen MR) is 388 cm³/mol. The van der Waals surface area contributed by atoms with Crippen molar-refractivity contribution in [1.29, 1.82) is 0 Å². The van der Waals surface area contributed by atoms with Crippen LogP contribution in [0.15, 0.2) is 35.3 Å². The fraction of sp³-hybridized carbons (Fsp3) is 0.690. The van der Waals surface area contributed by atoms with E-state index < -0.39 is 186 Å². The summed E-state index contributed by atoms with van der Waals surface area (Å²) >= 11 is 0. The van der Waals surface area contributed by atoms with Gasteiger partial charge in [-0.2, -0.15) is 0 Å². The summed E-state index contributed by atoms with van der Waals surface area (Å²) in [6.07, 6.45) is 1.17. The van der Waals surface area contributed by atoms with Crippen LogP contribution in [-0.4, -0.2) is 236 Å². The molecule has 4 rings (SSSR count). The molecule has 0 bridgehead atoms. The SMILES string of the molecule is CC[C@H](C)[C@H](NC(=O)[C@@H](NC(=O)[C@@H]1CCCN1C(=O)[C@H](Cc1ccccc1)NC(=O)[C@@H]1CCCN1C(=O)[C@@H](N)CC(C)C)[C@@H](C)CC)C(=O)N[C@@H](C)C(=O)N[C@@H](CC(=O)O)C(=O)N1CCC[C@H]1C(=O)N[C@@H](CCCCN)C(=O)N[C@@H](CCCN=C(N)N)C(=O)N[C@@H](CC(=O)O)C(=O)N[C@@H](CC(C)C)C(=O)O. The summed E-state index contributed by atoms with van der Waals surface area (Å²) in [6, 6.07) is -8.51. The molecule has 0 unspecified atom stereocenters. The predicted octanol–water partition coefficient (Wildman–Crippen LogP) is -1.69. The monoisotopic (exact) mass is 1490 g/mol. The Balaban J connectivity index is 1.51. The van der Waals surface area contributed by atoms with Gasteiger partial charge in [-0.3, -0.25) is 72.1 Å². The van der Waals surface area contributed by atoms with E-state index in [1.807, 2.05) is 13.8 Å². The normalized spacial score (nSPS) is 19.0. The maximum absolute atomic E-state index is 14.8. The molecule has 0 spiro atoms. The average molecular weight is 1490 g/mol. The van der Waals surface area contributed by atoms with Crippen LogP contribution < -0.4 is 70.8 Å². The van der Waals surface area contributed by atoms with Crippen molar-refractivity contribution in [3.63, 3.8) is 0 Å². The van der Waals surface area contributed by atoms with Gasteiger partial charge in [-0.1, -0.05) is 98.6 Å². The molecule has 3 heterocycles. The molecule has 35 heteroatoms. The maximum Gasteiger partial charge on any atom is 0.326 e. The second-order valence-electron chi connectivity index (χ2n) is 28.7. The molecule has 3 fully saturated rings. The zero-order valence-corrected chi connectivity index (χ0v) is 62.5. The number of likely N-dealkylation sites (tertiary alicyclic amines) is 3. The van der Waals surface area contributed by atoms with Crippen molar-refractivity contribution in [2.24, 2.45) is 51.6 Å². The van der Waals surface area contributed by atoms with Gasteiger partial charge in [0.05, 0.1) is 18.9 Å². The Bertz CT molecular complexity index is 3250. The quantitative estimate of drug-likeness (QED) is 0.0197. The topological polar surface area (TPSA) is 551 Å². The largest absolute Gasteiger partial charge is 0.481 e. The third-order valence-electron chi connectivity index (χ3n) is 19.3. The molecule has 0 aliphatic carbocycles.